The smallest absolute Gasteiger partial charge is 0.191 e. The van der Waals surface area contributed by atoms with E-state index in [1.54, 1.807) is 18.4 Å². The summed E-state index contributed by atoms with van der Waals surface area (Å²) in [5, 5.41) is 9.02. The molecule has 8 heteroatoms. The summed E-state index contributed by atoms with van der Waals surface area (Å²) in [6.45, 7) is 9.10. The largest absolute Gasteiger partial charge is 0.489 e. The molecular weight excluding hydrogens is 511 g/mol. The molecule has 0 bridgehead atoms. The molecule has 2 unspecified atom stereocenters. The summed E-state index contributed by atoms with van der Waals surface area (Å²) in [4.78, 5) is 8.23. The van der Waals surface area contributed by atoms with Gasteiger partial charge in [-0.3, -0.25) is 9.89 Å². The second-order valence-electron chi connectivity index (χ2n) is 7.21. The molecule has 1 aromatic heterocycles. The fourth-order valence-corrected chi connectivity index (χ4v) is 4.24. The number of aliphatic imine (C=N–C) groups is 1. The maximum absolute atomic E-state index is 6.05. The van der Waals surface area contributed by atoms with Gasteiger partial charge in [-0.25, -0.2) is 0 Å². The number of para-hydroxylation sites is 1. The minimum Gasteiger partial charge on any atom is -0.489 e. The van der Waals surface area contributed by atoms with Gasteiger partial charge in [-0.2, -0.15) is 0 Å². The van der Waals surface area contributed by atoms with Crippen LogP contribution in [0.2, 0.25) is 0 Å². The van der Waals surface area contributed by atoms with Gasteiger partial charge in [0.25, 0.3) is 0 Å². The van der Waals surface area contributed by atoms with Crippen LogP contribution < -0.4 is 15.4 Å². The van der Waals surface area contributed by atoms with Crippen LogP contribution in [-0.2, 0) is 4.74 Å². The normalized spacial score (nSPS) is 17.0. The average Bonchev–Trinajstić information content (AvgIpc) is 3.27. The highest BCUT2D eigenvalue weighted by molar-refractivity contribution is 14.0. The minimum absolute atomic E-state index is 0. The number of hydrogen-bond acceptors (Lipinski definition) is 5. The van der Waals surface area contributed by atoms with Gasteiger partial charge in [0.1, 0.15) is 11.9 Å². The summed E-state index contributed by atoms with van der Waals surface area (Å²) in [5.41, 5.74) is 1.14. The summed E-state index contributed by atoms with van der Waals surface area (Å²) in [5.74, 6) is 1.72. The van der Waals surface area contributed by atoms with Crippen molar-refractivity contribution in [2.75, 3.05) is 46.4 Å². The average molecular weight is 545 g/mol. The molecule has 1 aliphatic rings. The first-order chi connectivity index (χ1) is 14.2. The highest BCUT2D eigenvalue weighted by Crippen LogP contribution is 2.25. The van der Waals surface area contributed by atoms with E-state index < -0.39 is 0 Å². The molecule has 0 aliphatic carbocycles. The van der Waals surface area contributed by atoms with E-state index in [1.165, 1.54) is 4.88 Å². The molecule has 2 aromatic rings. The predicted octanol–water partition coefficient (Wildman–Crippen LogP) is 3.68. The van der Waals surface area contributed by atoms with Crippen molar-refractivity contribution < 1.29 is 9.47 Å². The molecule has 6 nitrogen and oxygen atoms in total. The number of nitrogens with zero attached hydrogens (tertiary/aromatic N) is 2. The predicted molar refractivity (Wildman–Crippen MR) is 136 cm³/mol. The summed E-state index contributed by atoms with van der Waals surface area (Å²) < 4.78 is 11.6. The van der Waals surface area contributed by atoms with Crippen molar-refractivity contribution in [1.29, 1.82) is 0 Å². The second-order valence-corrected chi connectivity index (χ2v) is 8.19. The Morgan fingerprint density at radius 1 is 1.17 bits per heavy atom. The van der Waals surface area contributed by atoms with Crippen LogP contribution in [0.15, 0.2) is 46.8 Å². The monoisotopic (exact) mass is 544 g/mol. The van der Waals surface area contributed by atoms with E-state index in [-0.39, 0.29) is 30.1 Å². The molecular formula is C22H33IN4O2S. The molecule has 0 amide bonds. The molecule has 1 aromatic carbocycles. The highest BCUT2D eigenvalue weighted by atomic mass is 127. The number of nitrogens with one attached hydrogen (secondary N) is 2. The number of ether oxygens (including phenoxy) is 2. The maximum atomic E-state index is 6.05. The molecule has 30 heavy (non-hydrogen) atoms. The lowest BCUT2D eigenvalue weighted by molar-refractivity contribution is 0.0177. The molecule has 0 saturated carbocycles. The van der Waals surface area contributed by atoms with E-state index >= 15 is 0 Å². The first-order valence-electron chi connectivity index (χ1n) is 10.2. The Hall–Kier alpha value is -1.36. The summed E-state index contributed by atoms with van der Waals surface area (Å²) in [6, 6.07) is 12.7. The number of morpholine rings is 1. The van der Waals surface area contributed by atoms with Gasteiger partial charge in [0, 0.05) is 31.6 Å². The van der Waals surface area contributed by atoms with Gasteiger partial charge in [-0.15, -0.1) is 35.3 Å². The molecule has 1 saturated heterocycles. The van der Waals surface area contributed by atoms with Crippen molar-refractivity contribution >= 4 is 41.3 Å². The Balaban J connectivity index is 0.00000320. The minimum atomic E-state index is 0. The van der Waals surface area contributed by atoms with Gasteiger partial charge in [-0.1, -0.05) is 24.3 Å². The third-order valence-electron chi connectivity index (χ3n) is 5.02. The summed E-state index contributed by atoms with van der Waals surface area (Å²) >= 11 is 1.80. The third-order valence-corrected chi connectivity index (χ3v) is 6.00. The summed E-state index contributed by atoms with van der Waals surface area (Å²) in [7, 11) is 1.80. The molecule has 0 radical (unpaired) electrons. The van der Waals surface area contributed by atoms with Gasteiger partial charge in [0.2, 0.25) is 0 Å². The number of rotatable bonds is 8. The van der Waals surface area contributed by atoms with Gasteiger partial charge in [0.15, 0.2) is 5.96 Å². The lowest BCUT2D eigenvalue weighted by atomic mass is 10.2. The number of guanidine groups is 1. The van der Waals surface area contributed by atoms with Gasteiger partial charge in [-0.05, 0) is 36.9 Å². The molecule has 2 atom stereocenters. The Morgan fingerprint density at radius 3 is 2.57 bits per heavy atom. The van der Waals surface area contributed by atoms with E-state index in [0.717, 1.165) is 50.1 Å². The Labute approximate surface area is 201 Å². The SMILES string of the molecule is CN=C(NCC(C)Oc1ccccc1C)NCC(c1cccs1)N1CCOCC1.I. The van der Waals surface area contributed by atoms with Crippen LogP contribution in [-0.4, -0.2) is 63.4 Å². The van der Waals surface area contributed by atoms with E-state index in [4.69, 9.17) is 9.47 Å². The zero-order valence-corrected chi connectivity index (χ0v) is 21.1. The molecule has 0 spiro atoms. The van der Waals surface area contributed by atoms with E-state index in [1.807, 2.05) is 18.2 Å². The van der Waals surface area contributed by atoms with Crippen molar-refractivity contribution in [1.82, 2.24) is 15.5 Å². The zero-order chi connectivity index (χ0) is 20.5. The fraction of sp³-hybridized carbons (Fsp3) is 0.500. The molecule has 1 fully saturated rings. The topological polar surface area (TPSA) is 58.1 Å². The first-order valence-corrected chi connectivity index (χ1v) is 11.1. The quantitative estimate of drug-likeness (QED) is 0.302. The summed E-state index contributed by atoms with van der Waals surface area (Å²) in [6.07, 6.45) is 0.0296. The maximum Gasteiger partial charge on any atom is 0.191 e. The van der Waals surface area contributed by atoms with Crippen molar-refractivity contribution in [3.63, 3.8) is 0 Å². The number of thiophene rings is 1. The number of halogens is 1. The van der Waals surface area contributed by atoms with Crippen LogP contribution in [0.4, 0.5) is 0 Å². The first kappa shape index (κ1) is 24.9. The number of hydrogen-bond donors (Lipinski definition) is 2. The van der Waals surface area contributed by atoms with Gasteiger partial charge in [0.05, 0.1) is 25.8 Å². The van der Waals surface area contributed by atoms with E-state index in [0.29, 0.717) is 12.6 Å². The molecule has 166 valence electrons. The van der Waals surface area contributed by atoms with Crippen molar-refractivity contribution in [3.05, 3.63) is 52.2 Å². The van der Waals surface area contributed by atoms with Crippen molar-refractivity contribution in [2.24, 2.45) is 4.99 Å². The second kappa shape index (κ2) is 13.1. The van der Waals surface area contributed by atoms with Gasteiger partial charge < -0.3 is 20.1 Å². The Bertz CT molecular complexity index is 766. The van der Waals surface area contributed by atoms with Crippen LogP contribution in [0.5, 0.6) is 5.75 Å². The lowest BCUT2D eigenvalue weighted by Gasteiger charge is -2.34. The van der Waals surface area contributed by atoms with Crippen molar-refractivity contribution in [3.8, 4) is 5.75 Å². The highest BCUT2D eigenvalue weighted by Gasteiger charge is 2.23. The van der Waals surface area contributed by atoms with Crippen molar-refractivity contribution in [2.45, 2.75) is 26.0 Å². The third kappa shape index (κ3) is 7.40. The van der Waals surface area contributed by atoms with Crippen LogP contribution in [0.25, 0.3) is 0 Å². The van der Waals surface area contributed by atoms with Crippen LogP contribution >= 0.6 is 35.3 Å². The van der Waals surface area contributed by atoms with Crippen LogP contribution in [0.3, 0.4) is 0 Å². The molecule has 3 rings (SSSR count). The fourth-order valence-electron chi connectivity index (χ4n) is 3.38. The Kier molecular flexibility index (Phi) is 10.9. The number of aryl methyl sites for hydroxylation is 1. The van der Waals surface area contributed by atoms with Crippen LogP contribution in [0.1, 0.15) is 23.4 Å². The molecule has 2 N–H and O–H groups in total. The lowest BCUT2D eigenvalue weighted by Crippen LogP contribution is -2.47. The Morgan fingerprint density at radius 2 is 1.90 bits per heavy atom. The number of benzene rings is 1. The standard InChI is InChI=1S/C22H32N4O2S.HI/c1-17-7-4-5-8-20(17)28-18(2)15-24-22(23-3)25-16-19(21-9-6-14-29-21)26-10-12-27-13-11-26;/h4-9,14,18-19H,10-13,15-16H2,1-3H3,(H2,23,24,25);1H. The van der Waals surface area contributed by atoms with Crippen LogP contribution in [0, 0.1) is 6.92 Å². The molecule has 2 heterocycles. The van der Waals surface area contributed by atoms with E-state index in [9.17, 15) is 0 Å². The molecule has 1 aliphatic heterocycles. The van der Waals surface area contributed by atoms with E-state index in [2.05, 4.69) is 58.0 Å². The zero-order valence-electron chi connectivity index (χ0n) is 18.0. The van der Waals surface area contributed by atoms with Gasteiger partial charge >= 0.3 is 0 Å².